The highest BCUT2D eigenvalue weighted by Gasteiger charge is 2.11. The largest absolute Gasteiger partial charge is 0.378 e. The molecule has 1 aromatic carbocycles. The molecule has 1 aliphatic heterocycles. The summed E-state index contributed by atoms with van der Waals surface area (Å²) in [6, 6.07) is 11.4. The van der Waals surface area contributed by atoms with E-state index in [2.05, 4.69) is 15.4 Å². The molecule has 30 heavy (non-hydrogen) atoms. The molecule has 0 radical (unpaired) electrons. The lowest BCUT2D eigenvalue weighted by Crippen LogP contribution is -2.29. The van der Waals surface area contributed by atoms with E-state index in [-0.39, 0.29) is 11.8 Å². The van der Waals surface area contributed by atoms with Crippen LogP contribution in [0, 0.1) is 6.92 Å². The fraction of sp³-hybridized carbons (Fsp3) is 0.273. The van der Waals surface area contributed by atoms with Crippen LogP contribution < -0.4 is 15.9 Å². The number of nitrogens with zero attached hydrogens (tertiary/aromatic N) is 4. The van der Waals surface area contributed by atoms with Gasteiger partial charge in [-0.25, -0.2) is 4.99 Å². The Labute approximate surface area is 173 Å². The summed E-state index contributed by atoms with van der Waals surface area (Å²) in [6.07, 6.45) is 3.28. The number of carbonyl (C=O) groups excluding carboxylic acids is 2. The molecule has 1 aliphatic rings. The first kappa shape index (κ1) is 19.8. The van der Waals surface area contributed by atoms with E-state index in [1.165, 1.54) is 6.08 Å². The highest BCUT2D eigenvalue weighted by Crippen LogP contribution is 2.16. The lowest BCUT2D eigenvalue weighted by Gasteiger charge is -2.10. The molecule has 4 rings (SSSR count). The van der Waals surface area contributed by atoms with Gasteiger partial charge in [-0.3, -0.25) is 14.3 Å². The Kier molecular flexibility index (Phi) is 5.58. The fourth-order valence-electron chi connectivity index (χ4n) is 3.39. The standard InChI is InChI=1S/C22H23N5O3/c1-15-3-6-20(26(15)2)22(29)23-9-11-30-12-10-27-19(7-8-24-27)16-4-5-18-17(13-16)14-21(28)25-18/h3-8,13-14H,9-12H2,1-2H3,(H,23,29). The average Bonchev–Trinajstić information content (AvgIpc) is 3.42. The molecule has 3 heterocycles. The summed E-state index contributed by atoms with van der Waals surface area (Å²) in [7, 11) is 1.87. The van der Waals surface area contributed by atoms with Crippen molar-refractivity contribution in [2.75, 3.05) is 19.8 Å². The van der Waals surface area contributed by atoms with Gasteiger partial charge < -0.3 is 14.6 Å². The molecule has 154 valence electrons. The molecule has 0 saturated heterocycles. The number of amides is 2. The van der Waals surface area contributed by atoms with Crippen molar-refractivity contribution in [2.45, 2.75) is 13.5 Å². The van der Waals surface area contributed by atoms with Crippen LogP contribution >= 0.6 is 0 Å². The molecule has 0 aliphatic carbocycles. The second-order valence-electron chi connectivity index (χ2n) is 7.09. The van der Waals surface area contributed by atoms with Crippen LogP contribution in [0.1, 0.15) is 16.2 Å². The van der Waals surface area contributed by atoms with Crippen molar-refractivity contribution in [2.24, 2.45) is 12.0 Å². The van der Waals surface area contributed by atoms with Gasteiger partial charge in [0.25, 0.3) is 11.8 Å². The van der Waals surface area contributed by atoms with E-state index in [0.29, 0.717) is 37.4 Å². The maximum atomic E-state index is 12.2. The molecule has 8 heteroatoms. The molecule has 3 aromatic rings. The Morgan fingerprint density at radius 3 is 2.83 bits per heavy atom. The quantitative estimate of drug-likeness (QED) is 0.555. The van der Waals surface area contributed by atoms with Gasteiger partial charge in [0.2, 0.25) is 0 Å². The number of rotatable bonds is 8. The van der Waals surface area contributed by atoms with Crippen molar-refractivity contribution in [1.29, 1.82) is 0 Å². The van der Waals surface area contributed by atoms with Crippen LogP contribution in [0.5, 0.6) is 0 Å². The highest BCUT2D eigenvalue weighted by molar-refractivity contribution is 6.06. The Morgan fingerprint density at radius 2 is 2.03 bits per heavy atom. The number of nitrogens with one attached hydrogen (secondary N) is 1. The van der Waals surface area contributed by atoms with Gasteiger partial charge in [0.05, 0.1) is 30.8 Å². The van der Waals surface area contributed by atoms with Gasteiger partial charge in [0.1, 0.15) is 5.69 Å². The lowest BCUT2D eigenvalue weighted by molar-refractivity contribution is -0.112. The first-order valence-electron chi connectivity index (χ1n) is 9.78. The van der Waals surface area contributed by atoms with Crippen molar-refractivity contribution < 1.29 is 14.3 Å². The molecule has 8 nitrogen and oxygen atoms in total. The van der Waals surface area contributed by atoms with Crippen molar-refractivity contribution in [3.63, 3.8) is 0 Å². The van der Waals surface area contributed by atoms with E-state index in [4.69, 9.17) is 4.74 Å². The maximum Gasteiger partial charge on any atom is 0.270 e. The minimum atomic E-state index is -0.224. The third kappa shape index (κ3) is 4.08. The third-order valence-electron chi connectivity index (χ3n) is 5.13. The van der Waals surface area contributed by atoms with Crippen LogP contribution in [-0.4, -0.2) is 45.9 Å². The predicted molar refractivity (Wildman–Crippen MR) is 111 cm³/mol. The zero-order valence-electron chi connectivity index (χ0n) is 17.0. The van der Waals surface area contributed by atoms with Gasteiger partial charge >= 0.3 is 0 Å². The monoisotopic (exact) mass is 405 g/mol. The highest BCUT2D eigenvalue weighted by atomic mass is 16.5. The van der Waals surface area contributed by atoms with Gasteiger partial charge in [-0.1, -0.05) is 6.07 Å². The molecule has 1 N–H and O–H groups in total. The van der Waals surface area contributed by atoms with Crippen LogP contribution in [0.3, 0.4) is 0 Å². The van der Waals surface area contributed by atoms with E-state index < -0.39 is 0 Å². The second kappa shape index (κ2) is 8.46. The predicted octanol–water partition coefficient (Wildman–Crippen LogP) is 0.584. The molecule has 0 saturated carbocycles. The fourth-order valence-corrected chi connectivity index (χ4v) is 3.39. The normalized spacial score (nSPS) is 12.4. The Bertz CT molecular complexity index is 1220. The number of ether oxygens (including phenoxy) is 1. The number of benzene rings is 1. The van der Waals surface area contributed by atoms with Gasteiger partial charge in [0, 0.05) is 42.3 Å². The van der Waals surface area contributed by atoms with Crippen LogP contribution in [0.2, 0.25) is 0 Å². The maximum absolute atomic E-state index is 12.2. The summed E-state index contributed by atoms with van der Waals surface area (Å²) < 4.78 is 9.38. The summed E-state index contributed by atoms with van der Waals surface area (Å²) >= 11 is 0. The number of aromatic nitrogens is 3. The second-order valence-corrected chi connectivity index (χ2v) is 7.09. The minimum Gasteiger partial charge on any atom is -0.378 e. The molecule has 0 atom stereocenters. The van der Waals surface area contributed by atoms with Crippen LogP contribution in [0.25, 0.3) is 17.3 Å². The number of hydrogen-bond donors (Lipinski definition) is 1. The Hall–Kier alpha value is -3.52. The summed E-state index contributed by atoms with van der Waals surface area (Å²) in [5, 5.41) is 8.75. The van der Waals surface area contributed by atoms with E-state index >= 15 is 0 Å². The Balaban J connectivity index is 1.27. The smallest absolute Gasteiger partial charge is 0.270 e. The molecule has 2 amide bonds. The first-order chi connectivity index (χ1) is 14.5. The topological polar surface area (TPSA) is 90.5 Å². The summed E-state index contributed by atoms with van der Waals surface area (Å²) in [6.45, 7) is 3.87. The Morgan fingerprint density at radius 1 is 1.17 bits per heavy atom. The van der Waals surface area contributed by atoms with Crippen LogP contribution in [-0.2, 0) is 23.1 Å². The lowest BCUT2D eigenvalue weighted by atomic mass is 10.1. The van der Waals surface area contributed by atoms with Crippen LogP contribution in [0.4, 0.5) is 0 Å². The van der Waals surface area contributed by atoms with Gasteiger partial charge in [0.15, 0.2) is 0 Å². The van der Waals surface area contributed by atoms with Crippen molar-refractivity contribution in [3.05, 3.63) is 64.6 Å². The average molecular weight is 405 g/mol. The van der Waals surface area contributed by atoms with E-state index in [1.807, 2.05) is 59.6 Å². The van der Waals surface area contributed by atoms with Crippen molar-refractivity contribution in [1.82, 2.24) is 19.7 Å². The molecule has 0 bridgehead atoms. The first-order valence-corrected chi connectivity index (χ1v) is 9.78. The zero-order valence-corrected chi connectivity index (χ0v) is 17.0. The summed E-state index contributed by atoms with van der Waals surface area (Å²) in [5.74, 6) is -0.333. The molecular weight excluding hydrogens is 382 g/mol. The zero-order chi connectivity index (χ0) is 21.1. The van der Waals surface area contributed by atoms with Crippen molar-refractivity contribution in [3.8, 4) is 11.3 Å². The molecule has 2 aromatic heterocycles. The van der Waals surface area contributed by atoms with E-state index in [9.17, 15) is 9.59 Å². The SMILES string of the molecule is Cc1ccc(C(=O)NCCOCCn2nccc2-c2ccc3c(c2)=CC(=O)N=3)n1C. The number of aryl methyl sites for hydroxylation is 1. The molecule has 0 spiro atoms. The third-order valence-corrected chi connectivity index (χ3v) is 5.13. The molecule has 0 unspecified atom stereocenters. The van der Waals surface area contributed by atoms with Crippen LogP contribution in [0.15, 0.2) is 47.6 Å². The summed E-state index contributed by atoms with van der Waals surface area (Å²) in [4.78, 5) is 27.6. The number of carbonyl (C=O) groups is 2. The van der Waals surface area contributed by atoms with Gasteiger partial charge in [-0.15, -0.1) is 0 Å². The number of hydrogen-bond acceptors (Lipinski definition) is 4. The molecule has 0 fully saturated rings. The minimum absolute atomic E-state index is 0.109. The molecular formula is C22H23N5O3. The van der Waals surface area contributed by atoms with E-state index in [1.54, 1.807) is 6.20 Å². The van der Waals surface area contributed by atoms with Gasteiger partial charge in [-0.2, -0.15) is 5.10 Å². The van der Waals surface area contributed by atoms with E-state index in [0.717, 1.165) is 22.2 Å². The summed E-state index contributed by atoms with van der Waals surface area (Å²) in [5.41, 5.74) is 3.59. The van der Waals surface area contributed by atoms with Gasteiger partial charge in [-0.05, 0) is 37.3 Å². The van der Waals surface area contributed by atoms with Crippen molar-refractivity contribution >= 4 is 17.9 Å². The number of fused-ring (bicyclic) bond motifs is 1.